The second kappa shape index (κ2) is 8.97. The molecule has 0 aliphatic carbocycles. The number of rotatable bonds is 8. The molecule has 3 aromatic rings. The number of hydrogen-bond acceptors (Lipinski definition) is 4. The molecule has 1 amide bonds. The van der Waals surface area contributed by atoms with E-state index >= 15 is 0 Å². The van der Waals surface area contributed by atoms with Crippen LogP contribution < -0.4 is 10.0 Å². The minimum atomic E-state index is -3.84. The van der Waals surface area contributed by atoms with E-state index in [-0.39, 0.29) is 10.8 Å². The van der Waals surface area contributed by atoms with Crippen molar-refractivity contribution in [1.29, 1.82) is 0 Å². The first-order valence-electron chi connectivity index (χ1n) is 10.1. The van der Waals surface area contributed by atoms with E-state index in [2.05, 4.69) is 15.0 Å². The molecule has 0 bridgehead atoms. The van der Waals surface area contributed by atoms with Crippen molar-refractivity contribution in [3.05, 3.63) is 54.1 Å². The topological polar surface area (TPSA) is 93.1 Å². The summed E-state index contributed by atoms with van der Waals surface area (Å²) in [5.74, 6) is 0.0999. The van der Waals surface area contributed by atoms with Crippen LogP contribution in [0.2, 0.25) is 0 Å². The molecule has 2 aromatic carbocycles. The van der Waals surface area contributed by atoms with Crippen LogP contribution in [0, 0.1) is 12.8 Å². The Kier molecular flexibility index (Phi) is 6.58. The maximum atomic E-state index is 13.1. The molecule has 1 heterocycles. The molecule has 0 radical (unpaired) electrons. The molecule has 0 fully saturated rings. The third kappa shape index (κ3) is 4.88. The summed E-state index contributed by atoms with van der Waals surface area (Å²) < 4.78 is 30.2. The van der Waals surface area contributed by atoms with E-state index in [1.165, 1.54) is 0 Å². The van der Waals surface area contributed by atoms with Gasteiger partial charge in [-0.25, -0.2) is 13.4 Å². The van der Waals surface area contributed by atoms with E-state index < -0.39 is 22.0 Å². The number of imidazole rings is 1. The predicted octanol–water partition coefficient (Wildman–Crippen LogP) is 3.70. The molecule has 3 rings (SSSR count). The molecule has 160 valence electrons. The highest BCUT2D eigenvalue weighted by Crippen LogP contribution is 2.20. The molecule has 0 saturated heterocycles. The number of nitrogens with one attached hydrogen (secondary N) is 2. The highest BCUT2D eigenvalue weighted by atomic mass is 32.2. The lowest BCUT2D eigenvalue weighted by Gasteiger charge is -2.20. The Hall–Kier alpha value is -2.71. The minimum Gasteiger partial charge on any atom is -0.310 e. The predicted molar refractivity (Wildman–Crippen MR) is 119 cm³/mol. The molecule has 1 atom stereocenters. The number of amides is 1. The zero-order valence-corrected chi connectivity index (χ0v) is 18.5. The summed E-state index contributed by atoms with van der Waals surface area (Å²) in [5.41, 5.74) is 2.65. The average molecular weight is 429 g/mol. The van der Waals surface area contributed by atoms with E-state index in [0.29, 0.717) is 18.9 Å². The van der Waals surface area contributed by atoms with Crippen molar-refractivity contribution in [1.82, 2.24) is 14.3 Å². The van der Waals surface area contributed by atoms with E-state index in [9.17, 15) is 13.2 Å². The van der Waals surface area contributed by atoms with Crippen molar-refractivity contribution in [2.45, 2.75) is 51.6 Å². The van der Waals surface area contributed by atoms with Crippen LogP contribution >= 0.6 is 0 Å². The number of fused-ring (bicyclic) bond motifs is 1. The second-order valence-electron chi connectivity index (χ2n) is 7.77. The standard InChI is InChI=1S/C22H28N4O3S/c1-5-26-20-9-7-6-8-18(20)23-22(26)24-21(27)19(14-15(2)3)25-30(28,29)17-12-10-16(4)11-13-17/h6-13,15,19,25H,5,14H2,1-4H3,(H,23,24,27)/t19-/m0/s1. The number of nitrogens with zero attached hydrogens (tertiary/aromatic N) is 2. The maximum absolute atomic E-state index is 13.1. The average Bonchev–Trinajstić information content (AvgIpc) is 3.04. The van der Waals surface area contributed by atoms with Crippen molar-refractivity contribution in [2.75, 3.05) is 5.32 Å². The first-order chi connectivity index (χ1) is 14.2. The van der Waals surface area contributed by atoms with Gasteiger partial charge in [-0.15, -0.1) is 0 Å². The first-order valence-corrected chi connectivity index (χ1v) is 11.5. The molecular formula is C22H28N4O3S. The minimum absolute atomic E-state index is 0.117. The smallest absolute Gasteiger partial charge is 0.244 e. The Morgan fingerprint density at radius 2 is 1.77 bits per heavy atom. The third-order valence-electron chi connectivity index (χ3n) is 4.86. The second-order valence-corrected chi connectivity index (χ2v) is 9.49. The normalized spacial score (nSPS) is 13.0. The van der Waals surface area contributed by atoms with Crippen LogP contribution in [0.15, 0.2) is 53.4 Å². The molecule has 30 heavy (non-hydrogen) atoms. The van der Waals surface area contributed by atoms with Crippen molar-refractivity contribution in [3.8, 4) is 0 Å². The van der Waals surface area contributed by atoms with Crippen molar-refractivity contribution in [3.63, 3.8) is 0 Å². The van der Waals surface area contributed by atoms with Gasteiger partial charge in [0.25, 0.3) is 0 Å². The fourth-order valence-corrected chi connectivity index (χ4v) is 4.55. The van der Waals surface area contributed by atoms with Gasteiger partial charge in [-0.1, -0.05) is 43.7 Å². The number of aromatic nitrogens is 2. The lowest BCUT2D eigenvalue weighted by molar-refractivity contribution is -0.118. The number of carbonyl (C=O) groups is 1. The molecule has 0 saturated carbocycles. The van der Waals surface area contributed by atoms with Gasteiger partial charge in [0.2, 0.25) is 21.9 Å². The fourth-order valence-electron chi connectivity index (χ4n) is 3.34. The molecule has 0 unspecified atom stereocenters. The Morgan fingerprint density at radius 3 is 2.40 bits per heavy atom. The summed E-state index contributed by atoms with van der Waals surface area (Å²) in [6, 6.07) is 13.2. The number of benzene rings is 2. The number of carbonyl (C=O) groups excluding carboxylic acids is 1. The quantitative estimate of drug-likeness (QED) is 0.572. The third-order valence-corrected chi connectivity index (χ3v) is 6.35. The van der Waals surface area contributed by atoms with E-state index in [4.69, 9.17) is 0 Å². The highest BCUT2D eigenvalue weighted by molar-refractivity contribution is 7.89. The van der Waals surface area contributed by atoms with Crippen LogP contribution in [0.3, 0.4) is 0 Å². The number of para-hydroxylation sites is 2. The van der Waals surface area contributed by atoms with Crippen LogP contribution in [0.4, 0.5) is 5.95 Å². The lowest BCUT2D eigenvalue weighted by atomic mass is 10.0. The van der Waals surface area contributed by atoms with Gasteiger partial charge in [0.05, 0.1) is 15.9 Å². The zero-order valence-electron chi connectivity index (χ0n) is 17.7. The zero-order chi connectivity index (χ0) is 21.9. The number of aryl methyl sites for hydroxylation is 2. The Bertz CT molecular complexity index is 1130. The van der Waals surface area contributed by atoms with Gasteiger partial charge in [-0.2, -0.15) is 4.72 Å². The molecule has 7 nitrogen and oxygen atoms in total. The molecule has 0 aliphatic heterocycles. The summed E-state index contributed by atoms with van der Waals surface area (Å²) in [5, 5.41) is 2.83. The van der Waals surface area contributed by atoms with E-state index in [1.807, 2.05) is 56.5 Å². The van der Waals surface area contributed by atoms with Crippen LogP contribution in [0.5, 0.6) is 0 Å². The van der Waals surface area contributed by atoms with Gasteiger partial charge in [0, 0.05) is 6.54 Å². The molecule has 0 spiro atoms. The lowest BCUT2D eigenvalue weighted by Crippen LogP contribution is -2.44. The Labute approximate surface area is 177 Å². The monoisotopic (exact) mass is 428 g/mol. The van der Waals surface area contributed by atoms with Crippen LogP contribution in [0.1, 0.15) is 32.8 Å². The van der Waals surface area contributed by atoms with Gasteiger partial charge in [0.1, 0.15) is 6.04 Å². The first kappa shape index (κ1) is 22.0. The van der Waals surface area contributed by atoms with Gasteiger partial charge in [0.15, 0.2) is 0 Å². The van der Waals surface area contributed by atoms with E-state index in [1.54, 1.807) is 24.3 Å². The largest absolute Gasteiger partial charge is 0.310 e. The molecule has 2 N–H and O–H groups in total. The van der Waals surface area contributed by atoms with E-state index in [0.717, 1.165) is 16.6 Å². The number of sulfonamides is 1. The van der Waals surface area contributed by atoms with Crippen LogP contribution in [-0.4, -0.2) is 29.9 Å². The van der Waals surface area contributed by atoms with Crippen LogP contribution in [-0.2, 0) is 21.4 Å². The van der Waals surface area contributed by atoms with Gasteiger partial charge >= 0.3 is 0 Å². The van der Waals surface area contributed by atoms with Crippen LogP contribution in [0.25, 0.3) is 11.0 Å². The molecule has 1 aromatic heterocycles. The van der Waals surface area contributed by atoms with Gasteiger partial charge in [-0.05, 0) is 50.5 Å². The van der Waals surface area contributed by atoms with Crippen molar-refractivity contribution >= 4 is 32.9 Å². The summed E-state index contributed by atoms with van der Waals surface area (Å²) in [6.45, 7) is 8.37. The Balaban J connectivity index is 1.87. The fraction of sp³-hybridized carbons (Fsp3) is 0.364. The summed E-state index contributed by atoms with van der Waals surface area (Å²) >= 11 is 0. The van der Waals surface area contributed by atoms with Gasteiger partial charge in [-0.3, -0.25) is 10.1 Å². The van der Waals surface area contributed by atoms with Crippen molar-refractivity contribution < 1.29 is 13.2 Å². The highest BCUT2D eigenvalue weighted by Gasteiger charge is 2.27. The summed E-state index contributed by atoms with van der Waals surface area (Å²) in [7, 11) is -3.84. The van der Waals surface area contributed by atoms with Crippen molar-refractivity contribution in [2.24, 2.45) is 5.92 Å². The van der Waals surface area contributed by atoms with Gasteiger partial charge < -0.3 is 4.57 Å². The maximum Gasteiger partial charge on any atom is 0.244 e. The molecular weight excluding hydrogens is 400 g/mol. The summed E-state index contributed by atoms with van der Waals surface area (Å²) in [4.78, 5) is 17.7. The summed E-state index contributed by atoms with van der Waals surface area (Å²) in [6.07, 6.45) is 0.364. The molecule has 8 heteroatoms. The SMILES string of the molecule is CCn1c(NC(=O)[C@H](CC(C)C)NS(=O)(=O)c2ccc(C)cc2)nc2ccccc21. The molecule has 0 aliphatic rings. The Morgan fingerprint density at radius 1 is 1.10 bits per heavy atom. The number of hydrogen-bond donors (Lipinski definition) is 2. The number of anilines is 1.